The van der Waals surface area contributed by atoms with Crippen molar-refractivity contribution < 1.29 is 9.53 Å². The van der Waals surface area contributed by atoms with Gasteiger partial charge in [-0.3, -0.25) is 4.79 Å². The van der Waals surface area contributed by atoms with Crippen molar-refractivity contribution >= 4 is 23.1 Å². The number of aromatic nitrogens is 1. The lowest BCUT2D eigenvalue weighted by Crippen LogP contribution is -2.11. The topological polar surface area (TPSA) is 51.2 Å². The summed E-state index contributed by atoms with van der Waals surface area (Å²) in [4.78, 5) is 17.1. The highest BCUT2D eigenvalue weighted by Gasteiger charge is 2.11. The van der Waals surface area contributed by atoms with Crippen molar-refractivity contribution in [3.63, 3.8) is 0 Å². The van der Waals surface area contributed by atoms with E-state index in [-0.39, 0.29) is 5.91 Å². The molecule has 0 spiro atoms. The first-order valence-electron chi connectivity index (χ1n) is 8.03. The second-order valence-corrected chi connectivity index (χ2v) is 6.96. The van der Waals surface area contributed by atoms with E-state index in [2.05, 4.69) is 23.3 Å². The maximum Gasteiger partial charge on any atom is 0.266 e. The molecule has 0 aliphatic heterocycles. The van der Waals surface area contributed by atoms with Gasteiger partial charge in [-0.05, 0) is 61.5 Å². The number of aryl methyl sites for hydroxylation is 3. The van der Waals surface area contributed by atoms with Crippen molar-refractivity contribution in [2.75, 3.05) is 5.32 Å². The molecule has 25 heavy (non-hydrogen) atoms. The third-order valence-corrected chi connectivity index (χ3v) is 4.74. The molecule has 3 aromatic rings. The molecule has 1 amide bonds. The van der Waals surface area contributed by atoms with E-state index in [0.29, 0.717) is 17.3 Å². The molecule has 0 atom stereocenters. The normalized spacial score (nSPS) is 10.5. The molecular formula is C20H20N2O2S. The number of anilines is 1. The largest absolute Gasteiger partial charge is 0.489 e. The molecule has 0 unspecified atom stereocenters. The molecule has 1 N–H and O–H groups in total. The SMILES string of the molecule is Cc1ccnc(NC(=O)c2cc(COc3ccc(C)cc3C)cs2)c1. The standard InChI is InChI=1S/C20H20N2O2S/c1-13-4-5-17(15(3)8-13)24-11-16-10-18(25-12-16)20(23)22-19-9-14(2)6-7-21-19/h4-10,12H,11H2,1-3H3,(H,21,22,23). The quantitative estimate of drug-likeness (QED) is 0.710. The molecule has 5 heteroatoms. The second-order valence-electron chi connectivity index (χ2n) is 6.05. The summed E-state index contributed by atoms with van der Waals surface area (Å²) in [6, 6.07) is 11.7. The van der Waals surface area contributed by atoms with E-state index in [9.17, 15) is 4.79 Å². The van der Waals surface area contributed by atoms with E-state index < -0.39 is 0 Å². The predicted molar refractivity (Wildman–Crippen MR) is 101 cm³/mol. The predicted octanol–water partition coefficient (Wildman–Crippen LogP) is 4.90. The van der Waals surface area contributed by atoms with E-state index >= 15 is 0 Å². The molecule has 0 radical (unpaired) electrons. The van der Waals surface area contributed by atoms with E-state index in [4.69, 9.17) is 4.74 Å². The zero-order chi connectivity index (χ0) is 17.8. The Morgan fingerprint density at radius 3 is 2.68 bits per heavy atom. The van der Waals surface area contributed by atoms with Crippen LogP contribution in [-0.2, 0) is 6.61 Å². The maximum atomic E-state index is 12.3. The lowest BCUT2D eigenvalue weighted by Gasteiger charge is -2.08. The van der Waals surface area contributed by atoms with Crippen LogP contribution in [0.1, 0.15) is 31.9 Å². The smallest absolute Gasteiger partial charge is 0.266 e. The molecule has 0 saturated carbocycles. The van der Waals surface area contributed by atoms with Crippen LogP contribution in [0.5, 0.6) is 5.75 Å². The zero-order valence-corrected chi connectivity index (χ0v) is 15.3. The Morgan fingerprint density at radius 1 is 1.12 bits per heavy atom. The van der Waals surface area contributed by atoms with Crippen LogP contribution < -0.4 is 10.1 Å². The average Bonchev–Trinajstić information content (AvgIpc) is 3.03. The van der Waals surface area contributed by atoms with Gasteiger partial charge in [0.2, 0.25) is 0 Å². The molecule has 4 nitrogen and oxygen atoms in total. The monoisotopic (exact) mass is 352 g/mol. The van der Waals surface area contributed by atoms with Crippen molar-refractivity contribution in [2.45, 2.75) is 27.4 Å². The number of thiophene rings is 1. The van der Waals surface area contributed by atoms with E-state index in [1.165, 1.54) is 16.9 Å². The van der Waals surface area contributed by atoms with Crippen molar-refractivity contribution in [1.82, 2.24) is 4.98 Å². The number of ether oxygens (including phenoxy) is 1. The first-order chi connectivity index (χ1) is 12.0. The fraction of sp³-hybridized carbons (Fsp3) is 0.200. The van der Waals surface area contributed by atoms with Gasteiger partial charge >= 0.3 is 0 Å². The van der Waals surface area contributed by atoms with Gasteiger partial charge in [0, 0.05) is 11.8 Å². The van der Waals surface area contributed by atoms with Gasteiger partial charge in [-0.2, -0.15) is 0 Å². The van der Waals surface area contributed by atoms with E-state index in [0.717, 1.165) is 22.4 Å². The van der Waals surface area contributed by atoms with E-state index in [1.54, 1.807) is 6.20 Å². The number of carbonyl (C=O) groups excluding carboxylic acids is 1. The summed E-state index contributed by atoms with van der Waals surface area (Å²) in [5.74, 6) is 1.28. The Hall–Kier alpha value is -2.66. The molecule has 2 heterocycles. The Morgan fingerprint density at radius 2 is 1.92 bits per heavy atom. The third-order valence-electron chi connectivity index (χ3n) is 3.76. The van der Waals surface area contributed by atoms with Gasteiger partial charge in [0.25, 0.3) is 5.91 Å². The van der Waals surface area contributed by atoms with Crippen molar-refractivity contribution in [1.29, 1.82) is 0 Å². The summed E-state index contributed by atoms with van der Waals surface area (Å²) < 4.78 is 5.87. The van der Waals surface area contributed by atoms with Crippen LogP contribution in [0.3, 0.4) is 0 Å². The molecule has 2 aromatic heterocycles. The molecule has 0 fully saturated rings. The number of nitrogens with one attached hydrogen (secondary N) is 1. The molecule has 3 rings (SSSR count). The molecule has 0 saturated heterocycles. The van der Waals surface area contributed by atoms with Crippen LogP contribution >= 0.6 is 11.3 Å². The van der Waals surface area contributed by atoms with Crippen molar-refractivity contribution in [2.24, 2.45) is 0 Å². The van der Waals surface area contributed by atoms with Crippen LogP contribution in [-0.4, -0.2) is 10.9 Å². The molecule has 128 valence electrons. The minimum Gasteiger partial charge on any atom is -0.489 e. The number of nitrogens with zero attached hydrogens (tertiary/aromatic N) is 1. The van der Waals surface area contributed by atoms with Gasteiger partial charge in [0.1, 0.15) is 18.2 Å². The average molecular weight is 352 g/mol. The lowest BCUT2D eigenvalue weighted by atomic mass is 10.1. The van der Waals surface area contributed by atoms with Gasteiger partial charge in [-0.15, -0.1) is 11.3 Å². The minimum atomic E-state index is -0.152. The minimum absolute atomic E-state index is 0.152. The summed E-state index contributed by atoms with van der Waals surface area (Å²) in [6.07, 6.45) is 1.68. The number of hydrogen-bond donors (Lipinski definition) is 1. The highest BCUT2D eigenvalue weighted by molar-refractivity contribution is 7.12. The summed E-state index contributed by atoms with van der Waals surface area (Å²) in [7, 11) is 0. The second kappa shape index (κ2) is 7.49. The Balaban J connectivity index is 1.62. The fourth-order valence-corrected chi connectivity index (χ4v) is 3.27. The Labute approximate surface area is 151 Å². The summed E-state index contributed by atoms with van der Waals surface area (Å²) in [6.45, 7) is 6.49. The number of hydrogen-bond acceptors (Lipinski definition) is 4. The van der Waals surface area contributed by atoms with Crippen LogP contribution in [0.4, 0.5) is 5.82 Å². The molecular weight excluding hydrogens is 332 g/mol. The summed E-state index contributed by atoms with van der Waals surface area (Å²) in [5, 5.41) is 4.77. The maximum absolute atomic E-state index is 12.3. The number of amides is 1. The number of carbonyl (C=O) groups is 1. The third kappa shape index (κ3) is 4.45. The van der Waals surface area contributed by atoms with Crippen LogP contribution in [0.2, 0.25) is 0 Å². The zero-order valence-electron chi connectivity index (χ0n) is 14.5. The summed E-state index contributed by atoms with van der Waals surface area (Å²) in [5.41, 5.74) is 4.36. The van der Waals surface area contributed by atoms with E-state index in [1.807, 2.05) is 49.6 Å². The Kier molecular flexibility index (Phi) is 5.14. The first-order valence-corrected chi connectivity index (χ1v) is 8.91. The van der Waals surface area contributed by atoms with Crippen molar-refractivity contribution in [3.8, 4) is 5.75 Å². The molecule has 0 aliphatic carbocycles. The number of benzene rings is 1. The van der Waals surface area contributed by atoms with Gasteiger partial charge in [0.15, 0.2) is 0 Å². The summed E-state index contributed by atoms with van der Waals surface area (Å²) >= 11 is 1.40. The van der Waals surface area contributed by atoms with Crippen molar-refractivity contribution in [3.05, 3.63) is 75.1 Å². The Bertz CT molecular complexity index is 902. The van der Waals surface area contributed by atoms with Crippen LogP contribution in [0.25, 0.3) is 0 Å². The fourth-order valence-electron chi connectivity index (χ4n) is 2.48. The van der Waals surface area contributed by atoms with Gasteiger partial charge in [0.05, 0.1) is 4.88 Å². The van der Waals surface area contributed by atoms with Crippen LogP contribution in [0, 0.1) is 20.8 Å². The van der Waals surface area contributed by atoms with Gasteiger partial charge in [-0.25, -0.2) is 4.98 Å². The highest BCUT2D eigenvalue weighted by Crippen LogP contribution is 2.22. The molecule has 0 aliphatic rings. The number of rotatable bonds is 5. The molecule has 0 bridgehead atoms. The first kappa shape index (κ1) is 17.2. The highest BCUT2D eigenvalue weighted by atomic mass is 32.1. The van der Waals surface area contributed by atoms with Gasteiger partial charge < -0.3 is 10.1 Å². The van der Waals surface area contributed by atoms with Crippen LogP contribution in [0.15, 0.2) is 48.0 Å². The number of pyridine rings is 1. The lowest BCUT2D eigenvalue weighted by molar-refractivity contribution is 0.103. The molecule has 1 aromatic carbocycles. The van der Waals surface area contributed by atoms with Gasteiger partial charge in [-0.1, -0.05) is 17.7 Å².